The van der Waals surface area contributed by atoms with Crippen LogP contribution >= 0.6 is 11.8 Å². The minimum atomic E-state index is -0.0885. The van der Waals surface area contributed by atoms with E-state index < -0.39 is 0 Å². The molecule has 0 saturated carbocycles. The Bertz CT molecular complexity index is 820. The normalized spacial score (nSPS) is 10.5. The summed E-state index contributed by atoms with van der Waals surface area (Å²) in [5.74, 6) is 0.822. The molecule has 6 nitrogen and oxygen atoms in total. The van der Waals surface area contributed by atoms with E-state index in [1.165, 1.54) is 0 Å². The summed E-state index contributed by atoms with van der Waals surface area (Å²) in [6.45, 7) is 0. The third kappa shape index (κ3) is 4.20. The van der Waals surface area contributed by atoms with E-state index in [2.05, 4.69) is 20.4 Å². The number of hydrogen-bond acceptors (Lipinski definition) is 6. The molecule has 3 aromatic rings. The van der Waals surface area contributed by atoms with Crippen molar-refractivity contribution in [2.24, 2.45) is 0 Å². The summed E-state index contributed by atoms with van der Waals surface area (Å²) in [5.41, 5.74) is 1.57. The molecule has 1 aromatic carbocycles. The van der Waals surface area contributed by atoms with Crippen LogP contribution in [0.15, 0.2) is 58.2 Å². The summed E-state index contributed by atoms with van der Waals surface area (Å²) >= 11 is 1.63. The lowest BCUT2D eigenvalue weighted by Crippen LogP contribution is -2.12. The number of pyridine rings is 1. The van der Waals surface area contributed by atoms with Crippen molar-refractivity contribution in [3.05, 3.63) is 54.7 Å². The number of amides is 1. The van der Waals surface area contributed by atoms with Crippen LogP contribution in [-0.2, 0) is 11.2 Å². The molecular formula is C17H16N4O2S. The Morgan fingerprint density at radius 1 is 1.29 bits per heavy atom. The Morgan fingerprint density at radius 3 is 3.00 bits per heavy atom. The van der Waals surface area contributed by atoms with Crippen LogP contribution in [0.25, 0.3) is 11.4 Å². The molecule has 0 spiro atoms. The number of aryl methyl sites for hydroxylation is 1. The van der Waals surface area contributed by atoms with Gasteiger partial charge in [-0.25, -0.2) is 0 Å². The van der Waals surface area contributed by atoms with Gasteiger partial charge in [0.05, 0.1) is 0 Å². The Kier molecular flexibility index (Phi) is 5.22. The van der Waals surface area contributed by atoms with Gasteiger partial charge in [-0.1, -0.05) is 11.2 Å². The van der Waals surface area contributed by atoms with Gasteiger partial charge in [0, 0.05) is 41.4 Å². The van der Waals surface area contributed by atoms with Gasteiger partial charge in [-0.3, -0.25) is 9.78 Å². The third-order valence-corrected chi connectivity index (χ3v) is 4.03. The van der Waals surface area contributed by atoms with E-state index in [1.807, 2.05) is 42.7 Å². The summed E-state index contributed by atoms with van der Waals surface area (Å²) in [6, 6.07) is 11.4. The predicted molar refractivity (Wildman–Crippen MR) is 92.7 cm³/mol. The van der Waals surface area contributed by atoms with Crippen molar-refractivity contribution in [2.45, 2.75) is 17.7 Å². The predicted octanol–water partition coefficient (Wildman–Crippen LogP) is 3.42. The number of anilines is 1. The zero-order chi connectivity index (χ0) is 16.8. The van der Waals surface area contributed by atoms with Gasteiger partial charge in [-0.15, -0.1) is 11.8 Å². The van der Waals surface area contributed by atoms with Crippen molar-refractivity contribution in [3.8, 4) is 11.4 Å². The fraction of sp³-hybridized carbons (Fsp3) is 0.176. The van der Waals surface area contributed by atoms with Crippen molar-refractivity contribution in [2.75, 3.05) is 11.6 Å². The van der Waals surface area contributed by atoms with Gasteiger partial charge in [0.15, 0.2) is 0 Å². The first-order valence-corrected chi connectivity index (χ1v) is 8.64. The number of rotatable bonds is 6. The van der Waals surface area contributed by atoms with Crippen LogP contribution < -0.4 is 5.32 Å². The first-order valence-electron chi connectivity index (χ1n) is 7.41. The van der Waals surface area contributed by atoms with Crippen LogP contribution in [-0.4, -0.2) is 27.3 Å². The fourth-order valence-corrected chi connectivity index (χ4v) is 2.57. The summed E-state index contributed by atoms with van der Waals surface area (Å²) < 4.78 is 5.18. The molecule has 1 amide bonds. The second-order valence-electron chi connectivity index (χ2n) is 5.03. The minimum Gasteiger partial charge on any atom is -0.339 e. The summed E-state index contributed by atoms with van der Waals surface area (Å²) in [7, 11) is 0. The first kappa shape index (κ1) is 16.2. The van der Waals surface area contributed by atoms with E-state index in [-0.39, 0.29) is 12.3 Å². The highest BCUT2D eigenvalue weighted by atomic mass is 32.2. The smallest absolute Gasteiger partial charge is 0.227 e. The minimum absolute atomic E-state index is 0.0885. The largest absolute Gasteiger partial charge is 0.339 e. The number of thioether (sulfide) groups is 1. The molecule has 0 saturated heterocycles. The Balaban J connectivity index is 1.56. The van der Waals surface area contributed by atoms with E-state index in [4.69, 9.17) is 4.52 Å². The van der Waals surface area contributed by atoms with E-state index in [0.717, 1.165) is 16.1 Å². The van der Waals surface area contributed by atoms with Crippen LogP contribution in [0.1, 0.15) is 12.3 Å². The number of benzene rings is 1. The number of carbonyl (C=O) groups is 1. The summed E-state index contributed by atoms with van der Waals surface area (Å²) in [6.07, 6.45) is 6.01. The van der Waals surface area contributed by atoms with Gasteiger partial charge in [-0.05, 0) is 36.6 Å². The maximum Gasteiger partial charge on any atom is 0.227 e. The SMILES string of the molecule is CSc1cccc(NC(=O)CCc2nc(-c3cccnc3)no2)c1. The van der Waals surface area contributed by atoms with Crippen molar-refractivity contribution in [3.63, 3.8) is 0 Å². The van der Waals surface area contributed by atoms with Crippen LogP contribution in [0.5, 0.6) is 0 Å². The molecule has 0 fully saturated rings. The molecule has 0 unspecified atom stereocenters. The quantitative estimate of drug-likeness (QED) is 0.693. The van der Waals surface area contributed by atoms with Crippen LogP contribution in [0, 0.1) is 0 Å². The van der Waals surface area contributed by atoms with Gasteiger partial charge in [0.2, 0.25) is 17.6 Å². The van der Waals surface area contributed by atoms with E-state index in [1.54, 1.807) is 24.2 Å². The van der Waals surface area contributed by atoms with Gasteiger partial charge >= 0.3 is 0 Å². The fourth-order valence-electron chi connectivity index (χ4n) is 2.11. The number of nitrogens with one attached hydrogen (secondary N) is 1. The van der Waals surface area contributed by atoms with Crippen molar-refractivity contribution >= 4 is 23.4 Å². The lowest BCUT2D eigenvalue weighted by Gasteiger charge is -2.05. The van der Waals surface area contributed by atoms with Gasteiger partial charge in [-0.2, -0.15) is 4.98 Å². The maximum atomic E-state index is 12.0. The van der Waals surface area contributed by atoms with Crippen LogP contribution in [0.2, 0.25) is 0 Å². The van der Waals surface area contributed by atoms with E-state index in [9.17, 15) is 4.79 Å². The molecular weight excluding hydrogens is 324 g/mol. The zero-order valence-corrected chi connectivity index (χ0v) is 13.9. The lowest BCUT2D eigenvalue weighted by molar-refractivity contribution is -0.116. The molecule has 0 aliphatic carbocycles. The standard InChI is InChI=1S/C17H16N4O2S/c1-24-14-6-2-5-13(10-14)19-15(22)7-8-16-20-17(21-23-16)12-4-3-9-18-11-12/h2-6,9-11H,7-8H2,1H3,(H,19,22). The van der Waals surface area contributed by atoms with Crippen molar-refractivity contribution < 1.29 is 9.32 Å². The maximum absolute atomic E-state index is 12.0. The topological polar surface area (TPSA) is 80.9 Å². The third-order valence-electron chi connectivity index (χ3n) is 3.31. The molecule has 0 radical (unpaired) electrons. The van der Waals surface area contributed by atoms with Gasteiger partial charge in [0.25, 0.3) is 0 Å². The number of hydrogen-bond donors (Lipinski definition) is 1. The average molecular weight is 340 g/mol. The van der Waals surface area contributed by atoms with Crippen molar-refractivity contribution in [1.29, 1.82) is 0 Å². The molecule has 24 heavy (non-hydrogen) atoms. The Labute approximate surface area is 143 Å². The average Bonchev–Trinajstić information content (AvgIpc) is 3.10. The monoisotopic (exact) mass is 340 g/mol. The van der Waals surface area contributed by atoms with Crippen LogP contribution in [0.4, 0.5) is 5.69 Å². The highest BCUT2D eigenvalue weighted by Crippen LogP contribution is 2.19. The molecule has 0 atom stereocenters. The van der Waals surface area contributed by atoms with E-state index >= 15 is 0 Å². The number of nitrogens with zero attached hydrogens (tertiary/aromatic N) is 3. The molecule has 3 rings (SSSR count). The zero-order valence-electron chi connectivity index (χ0n) is 13.1. The van der Waals surface area contributed by atoms with E-state index in [0.29, 0.717) is 18.1 Å². The number of aromatic nitrogens is 3. The second kappa shape index (κ2) is 7.74. The molecule has 0 bridgehead atoms. The lowest BCUT2D eigenvalue weighted by atomic mass is 10.2. The molecule has 2 heterocycles. The number of carbonyl (C=O) groups excluding carboxylic acids is 1. The Hall–Kier alpha value is -2.67. The van der Waals surface area contributed by atoms with Gasteiger partial charge in [0.1, 0.15) is 0 Å². The van der Waals surface area contributed by atoms with Gasteiger partial charge < -0.3 is 9.84 Å². The second-order valence-corrected chi connectivity index (χ2v) is 5.91. The Morgan fingerprint density at radius 2 is 2.21 bits per heavy atom. The molecule has 1 N–H and O–H groups in total. The summed E-state index contributed by atoms with van der Waals surface area (Å²) in [5, 5.41) is 6.78. The highest BCUT2D eigenvalue weighted by Gasteiger charge is 2.11. The molecule has 0 aliphatic rings. The molecule has 0 aliphatic heterocycles. The van der Waals surface area contributed by atoms with Crippen LogP contribution in [0.3, 0.4) is 0 Å². The summed E-state index contributed by atoms with van der Waals surface area (Å²) in [4.78, 5) is 21.5. The molecule has 7 heteroatoms. The first-order chi connectivity index (χ1) is 11.7. The van der Waals surface area contributed by atoms with Crippen molar-refractivity contribution in [1.82, 2.24) is 15.1 Å². The molecule has 122 valence electrons. The molecule has 2 aromatic heterocycles. The highest BCUT2D eigenvalue weighted by molar-refractivity contribution is 7.98.